The van der Waals surface area contributed by atoms with E-state index in [1.54, 1.807) is 30.1 Å². The number of nitrogens with zero attached hydrogens (tertiary/aromatic N) is 1. The zero-order valence-corrected chi connectivity index (χ0v) is 15.5. The maximum Gasteiger partial charge on any atom is 0.242 e. The predicted octanol–water partition coefficient (Wildman–Crippen LogP) is 3.23. The lowest BCUT2D eigenvalue weighted by molar-refractivity contribution is -0.140. The molecule has 0 radical (unpaired) electrons. The van der Waals surface area contributed by atoms with Gasteiger partial charge >= 0.3 is 0 Å². The second-order valence-corrected chi connectivity index (χ2v) is 6.25. The first-order valence-corrected chi connectivity index (χ1v) is 8.76. The molecule has 138 valence electrons. The Morgan fingerprint density at radius 2 is 1.69 bits per heavy atom. The lowest BCUT2D eigenvalue weighted by atomic mass is 10.0. The van der Waals surface area contributed by atoms with E-state index in [0.717, 1.165) is 11.1 Å². The number of benzene rings is 2. The first-order valence-electron chi connectivity index (χ1n) is 8.76. The summed E-state index contributed by atoms with van der Waals surface area (Å²) in [5.74, 6) is -0.901. The van der Waals surface area contributed by atoms with Gasteiger partial charge in [-0.3, -0.25) is 9.59 Å². The van der Waals surface area contributed by atoms with Crippen LogP contribution in [0, 0.1) is 12.7 Å². The Balaban J connectivity index is 2.32. The highest BCUT2D eigenvalue weighted by Crippen LogP contribution is 2.17. The molecule has 0 bridgehead atoms. The molecular weight excluding hydrogens is 331 g/mol. The molecule has 0 aliphatic carbocycles. The van der Waals surface area contributed by atoms with Crippen LogP contribution in [-0.4, -0.2) is 29.8 Å². The van der Waals surface area contributed by atoms with Crippen molar-refractivity contribution in [1.29, 1.82) is 0 Å². The molecule has 0 heterocycles. The molecule has 0 aliphatic heterocycles. The van der Waals surface area contributed by atoms with E-state index in [4.69, 9.17) is 0 Å². The number of rotatable bonds is 7. The van der Waals surface area contributed by atoms with Crippen molar-refractivity contribution in [3.05, 3.63) is 71.0 Å². The third-order valence-corrected chi connectivity index (χ3v) is 4.53. The Morgan fingerprint density at radius 1 is 1.08 bits per heavy atom. The first kappa shape index (κ1) is 19.6. The van der Waals surface area contributed by atoms with Crippen LogP contribution in [0.2, 0.25) is 0 Å². The standard InChI is InChI=1S/C21H25FN2O2/c1-4-19(21(26)23-3)24(14-17-11-6-5-9-15(17)2)20(25)13-16-10-7-8-12-18(16)22/h5-12,19H,4,13-14H2,1-3H3,(H,23,26). The van der Waals surface area contributed by atoms with E-state index in [1.807, 2.05) is 38.1 Å². The summed E-state index contributed by atoms with van der Waals surface area (Å²) < 4.78 is 14.0. The Morgan fingerprint density at radius 3 is 2.27 bits per heavy atom. The van der Waals surface area contributed by atoms with Crippen molar-refractivity contribution in [2.24, 2.45) is 0 Å². The van der Waals surface area contributed by atoms with Crippen LogP contribution in [0.25, 0.3) is 0 Å². The minimum atomic E-state index is -0.598. The number of hydrogen-bond donors (Lipinski definition) is 1. The van der Waals surface area contributed by atoms with E-state index >= 15 is 0 Å². The van der Waals surface area contributed by atoms with Crippen molar-refractivity contribution in [1.82, 2.24) is 10.2 Å². The summed E-state index contributed by atoms with van der Waals surface area (Å²) in [7, 11) is 1.55. The topological polar surface area (TPSA) is 49.4 Å². The SMILES string of the molecule is CCC(C(=O)NC)N(Cc1ccccc1C)C(=O)Cc1ccccc1F. The number of nitrogens with one attached hydrogen (secondary N) is 1. The van der Waals surface area contributed by atoms with E-state index in [9.17, 15) is 14.0 Å². The number of aryl methyl sites for hydroxylation is 1. The largest absolute Gasteiger partial charge is 0.357 e. The van der Waals surface area contributed by atoms with Crippen molar-refractivity contribution in [3.63, 3.8) is 0 Å². The van der Waals surface area contributed by atoms with Crippen molar-refractivity contribution in [2.75, 3.05) is 7.05 Å². The molecule has 1 unspecified atom stereocenters. The predicted molar refractivity (Wildman–Crippen MR) is 100.0 cm³/mol. The van der Waals surface area contributed by atoms with Gasteiger partial charge < -0.3 is 10.2 Å². The first-order chi connectivity index (χ1) is 12.5. The fraction of sp³-hybridized carbons (Fsp3) is 0.333. The summed E-state index contributed by atoms with van der Waals surface area (Å²) in [5.41, 5.74) is 2.35. The van der Waals surface area contributed by atoms with Crippen molar-refractivity contribution in [2.45, 2.75) is 39.3 Å². The van der Waals surface area contributed by atoms with Gasteiger partial charge in [0, 0.05) is 13.6 Å². The summed E-state index contributed by atoms with van der Waals surface area (Å²) in [4.78, 5) is 26.8. The van der Waals surface area contributed by atoms with Gasteiger partial charge in [-0.2, -0.15) is 0 Å². The van der Waals surface area contributed by atoms with Gasteiger partial charge in [0.25, 0.3) is 0 Å². The molecule has 1 N–H and O–H groups in total. The number of amides is 2. The Bertz CT molecular complexity index is 776. The summed E-state index contributed by atoms with van der Waals surface area (Å²) in [6.45, 7) is 4.14. The zero-order valence-electron chi connectivity index (χ0n) is 15.5. The number of halogens is 1. The van der Waals surface area contributed by atoms with Crippen LogP contribution in [-0.2, 0) is 22.6 Å². The Kier molecular flexibility index (Phi) is 6.89. The van der Waals surface area contributed by atoms with E-state index in [1.165, 1.54) is 6.07 Å². The number of hydrogen-bond acceptors (Lipinski definition) is 2. The van der Waals surface area contributed by atoms with E-state index in [-0.39, 0.29) is 18.2 Å². The van der Waals surface area contributed by atoms with Gasteiger partial charge in [-0.1, -0.05) is 49.4 Å². The van der Waals surface area contributed by atoms with Crippen LogP contribution in [0.3, 0.4) is 0 Å². The van der Waals surface area contributed by atoms with Crippen molar-refractivity contribution in [3.8, 4) is 0 Å². The molecule has 2 aromatic carbocycles. The summed E-state index contributed by atoms with van der Waals surface area (Å²) >= 11 is 0. The molecule has 2 aromatic rings. The maximum absolute atomic E-state index is 14.0. The maximum atomic E-state index is 14.0. The summed E-state index contributed by atoms with van der Waals surface area (Å²) in [5, 5.41) is 2.62. The van der Waals surface area contributed by atoms with Gasteiger partial charge in [-0.25, -0.2) is 4.39 Å². The normalized spacial score (nSPS) is 11.7. The van der Waals surface area contributed by atoms with Gasteiger partial charge in [0.2, 0.25) is 11.8 Å². The van der Waals surface area contributed by atoms with Gasteiger partial charge in [0.1, 0.15) is 11.9 Å². The molecule has 0 spiro atoms. The smallest absolute Gasteiger partial charge is 0.242 e. The van der Waals surface area contributed by atoms with Gasteiger partial charge in [-0.05, 0) is 36.1 Å². The van der Waals surface area contributed by atoms with Crippen molar-refractivity contribution < 1.29 is 14.0 Å². The number of carbonyl (C=O) groups is 2. The molecule has 2 amide bonds. The third-order valence-electron chi connectivity index (χ3n) is 4.53. The second kappa shape index (κ2) is 9.13. The monoisotopic (exact) mass is 356 g/mol. The lowest BCUT2D eigenvalue weighted by Crippen LogP contribution is -2.48. The van der Waals surface area contributed by atoms with Gasteiger partial charge in [0.15, 0.2) is 0 Å². The van der Waals surface area contributed by atoms with Gasteiger partial charge in [-0.15, -0.1) is 0 Å². The molecule has 4 nitrogen and oxygen atoms in total. The van der Waals surface area contributed by atoms with E-state index in [0.29, 0.717) is 18.5 Å². The molecule has 26 heavy (non-hydrogen) atoms. The van der Waals surface area contributed by atoms with Crippen molar-refractivity contribution >= 4 is 11.8 Å². The molecule has 5 heteroatoms. The van der Waals surface area contributed by atoms with Crippen LogP contribution in [0.5, 0.6) is 0 Å². The summed E-state index contributed by atoms with van der Waals surface area (Å²) in [6.07, 6.45) is 0.403. The molecule has 0 saturated carbocycles. The number of likely N-dealkylation sites (N-methyl/N-ethyl adjacent to an activating group) is 1. The summed E-state index contributed by atoms with van der Waals surface area (Å²) in [6, 6.07) is 13.4. The molecule has 1 atom stereocenters. The minimum absolute atomic E-state index is 0.0773. The fourth-order valence-corrected chi connectivity index (χ4v) is 2.96. The fourth-order valence-electron chi connectivity index (χ4n) is 2.96. The Hall–Kier alpha value is -2.69. The minimum Gasteiger partial charge on any atom is -0.357 e. The molecule has 0 saturated heterocycles. The molecule has 2 rings (SSSR count). The van der Waals surface area contributed by atoms with E-state index < -0.39 is 11.9 Å². The highest BCUT2D eigenvalue weighted by molar-refractivity contribution is 5.88. The Labute approximate surface area is 154 Å². The quantitative estimate of drug-likeness (QED) is 0.828. The van der Waals surface area contributed by atoms with Crippen LogP contribution in [0.15, 0.2) is 48.5 Å². The molecule has 0 aromatic heterocycles. The van der Waals surface area contributed by atoms with Crippen LogP contribution < -0.4 is 5.32 Å². The second-order valence-electron chi connectivity index (χ2n) is 6.25. The molecular formula is C21H25FN2O2. The third kappa shape index (κ3) is 4.69. The molecule has 0 fully saturated rings. The average molecular weight is 356 g/mol. The highest BCUT2D eigenvalue weighted by atomic mass is 19.1. The highest BCUT2D eigenvalue weighted by Gasteiger charge is 2.28. The number of carbonyl (C=O) groups excluding carboxylic acids is 2. The van der Waals surface area contributed by atoms with Crippen LogP contribution in [0.4, 0.5) is 4.39 Å². The average Bonchev–Trinajstić information content (AvgIpc) is 2.64. The van der Waals surface area contributed by atoms with Crippen LogP contribution in [0.1, 0.15) is 30.0 Å². The zero-order chi connectivity index (χ0) is 19.1. The molecule has 0 aliphatic rings. The van der Waals surface area contributed by atoms with E-state index in [2.05, 4.69) is 5.32 Å². The van der Waals surface area contributed by atoms with Crippen LogP contribution >= 0.6 is 0 Å². The van der Waals surface area contributed by atoms with Gasteiger partial charge in [0.05, 0.1) is 6.42 Å². The lowest BCUT2D eigenvalue weighted by Gasteiger charge is -2.31.